The average molecular weight is 466 g/mol. The Hall–Kier alpha value is -3.48. The van der Waals surface area contributed by atoms with Gasteiger partial charge in [-0.2, -0.15) is 0 Å². The number of pyridine rings is 1. The van der Waals surface area contributed by atoms with Crippen LogP contribution in [0, 0.1) is 0 Å². The molecule has 0 bridgehead atoms. The fraction of sp³-hybridized carbons (Fsp3) is 0.310. The second-order valence-electron chi connectivity index (χ2n) is 10.2. The number of nitrogens with zero attached hydrogens (tertiary/aromatic N) is 4. The number of H-pyrrole nitrogens is 1. The Morgan fingerprint density at radius 2 is 1.77 bits per heavy atom. The van der Waals surface area contributed by atoms with E-state index in [0.29, 0.717) is 6.04 Å². The second kappa shape index (κ2) is 8.63. The number of carbonyl (C=O) groups is 1. The number of rotatable bonds is 4. The summed E-state index contributed by atoms with van der Waals surface area (Å²) in [5, 5.41) is 1.09. The van der Waals surface area contributed by atoms with Crippen molar-refractivity contribution in [2.45, 2.75) is 19.0 Å². The monoisotopic (exact) mass is 465 g/mol. The van der Waals surface area contributed by atoms with Gasteiger partial charge in [0.15, 0.2) is 0 Å². The highest BCUT2D eigenvalue weighted by molar-refractivity contribution is 5.98. The van der Waals surface area contributed by atoms with Crippen molar-refractivity contribution in [3.05, 3.63) is 77.6 Å². The van der Waals surface area contributed by atoms with Gasteiger partial charge < -0.3 is 19.7 Å². The Balaban J connectivity index is 1.26. The largest absolute Gasteiger partial charge is 0.346 e. The van der Waals surface area contributed by atoms with Gasteiger partial charge in [-0.05, 0) is 68.0 Å². The van der Waals surface area contributed by atoms with Crippen LogP contribution in [-0.4, -0.2) is 77.4 Å². The summed E-state index contributed by atoms with van der Waals surface area (Å²) < 4.78 is 0. The summed E-state index contributed by atoms with van der Waals surface area (Å²) in [6.07, 6.45) is 5.05. The quantitative estimate of drug-likeness (QED) is 0.489. The molecule has 0 aliphatic carbocycles. The molecule has 1 N–H and O–H groups in total. The second-order valence-corrected chi connectivity index (χ2v) is 10.2. The Morgan fingerprint density at radius 3 is 2.54 bits per heavy atom. The molecular weight excluding hydrogens is 434 g/mol. The van der Waals surface area contributed by atoms with Gasteiger partial charge in [-0.15, -0.1) is 0 Å². The number of hydrogen-bond donors (Lipinski definition) is 1. The Kier molecular flexibility index (Phi) is 5.43. The zero-order chi connectivity index (χ0) is 24.1. The third kappa shape index (κ3) is 4.03. The van der Waals surface area contributed by atoms with Gasteiger partial charge in [-0.1, -0.05) is 30.3 Å². The highest BCUT2D eigenvalue weighted by atomic mass is 16.2. The zero-order valence-corrected chi connectivity index (χ0v) is 20.6. The molecule has 0 atom stereocenters. The van der Waals surface area contributed by atoms with E-state index in [2.05, 4.69) is 60.2 Å². The fourth-order valence-electron chi connectivity index (χ4n) is 5.20. The molecule has 2 aromatic carbocycles. The topological polar surface area (TPSA) is 55.5 Å². The van der Waals surface area contributed by atoms with Crippen molar-refractivity contribution in [3.63, 3.8) is 0 Å². The highest BCUT2D eigenvalue weighted by Crippen LogP contribution is 2.32. The van der Waals surface area contributed by atoms with Gasteiger partial charge in [0.05, 0.1) is 0 Å². The molecule has 1 amide bonds. The molecule has 0 saturated carbocycles. The van der Waals surface area contributed by atoms with Crippen molar-refractivity contribution in [1.29, 1.82) is 0 Å². The first-order chi connectivity index (χ1) is 17.0. The van der Waals surface area contributed by atoms with Crippen LogP contribution in [0.15, 0.2) is 60.9 Å². The lowest BCUT2D eigenvalue weighted by atomic mass is 9.94. The summed E-state index contributed by atoms with van der Waals surface area (Å²) in [6.45, 7) is 3.71. The van der Waals surface area contributed by atoms with Gasteiger partial charge in [0, 0.05) is 66.7 Å². The maximum Gasteiger partial charge on any atom is 0.253 e. The minimum absolute atomic E-state index is 0.108. The molecule has 0 spiro atoms. The predicted molar refractivity (Wildman–Crippen MR) is 140 cm³/mol. The number of nitrogens with one attached hydrogen (secondary N) is 1. The van der Waals surface area contributed by atoms with Crippen LogP contribution >= 0.6 is 0 Å². The molecule has 0 unspecified atom stereocenters. The molecule has 6 nitrogen and oxygen atoms in total. The molecule has 35 heavy (non-hydrogen) atoms. The van der Waals surface area contributed by atoms with Gasteiger partial charge in [0.25, 0.3) is 5.91 Å². The summed E-state index contributed by atoms with van der Waals surface area (Å²) in [4.78, 5) is 27.3. The van der Waals surface area contributed by atoms with Crippen LogP contribution in [0.25, 0.3) is 33.3 Å². The SMILES string of the molecule is CN1CCc2cc(-c3cnc4[nH]cc(-c5ccc(C(=O)N6CC(N(C)C)C6)cc5)c4c3)ccc2C1. The number of hydrogen-bond acceptors (Lipinski definition) is 4. The molecule has 1 fully saturated rings. The van der Waals surface area contributed by atoms with Gasteiger partial charge in [0.1, 0.15) is 5.65 Å². The van der Waals surface area contributed by atoms with E-state index in [9.17, 15) is 4.79 Å². The molecule has 178 valence electrons. The Bertz CT molecular complexity index is 1400. The van der Waals surface area contributed by atoms with Crippen molar-refractivity contribution in [2.75, 3.05) is 40.8 Å². The number of carbonyl (C=O) groups excluding carboxylic acids is 1. The van der Waals surface area contributed by atoms with Crippen LogP contribution < -0.4 is 0 Å². The summed E-state index contributed by atoms with van der Waals surface area (Å²) in [6, 6.07) is 17.5. The molecule has 0 radical (unpaired) electrons. The van der Waals surface area contributed by atoms with Crippen molar-refractivity contribution in [1.82, 2.24) is 24.7 Å². The maximum absolute atomic E-state index is 12.8. The van der Waals surface area contributed by atoms with Crippen LogP contribution in [0.2, 0.25) is 0 Å². The minimum atomic E-state index is 0.108. The number of amides is 1. The molecule has 4 heterocycles. The molecule has 1 saturated heterocycles. The van der Waals surface area contributed by atoms with Gasteiger partial charge >= 0.3 is 0 Å². The smallest absolute Gasteiger partial charge is 0.253 e. The van der Waals surface area contributed by atoms with E-state index in [1.807, 2.05) is 41.6 Å². The average Bonchev–Trinajstić information content (AvgIpc) is 3.26. The first kappa shape index (κ1) is 22.0. The Labute approximate surface area is 206 Å². The summed E-state index contributed by atoms with van der Waals surface area (Å²) in [7, 11) is 6.30. The van der Waals surface area contributed by atoms with E-state index < -0.39 is 0 Å². The maximum atomic E-state index is 12.8. The zero-order valence-electron chi connectivity index (χ0n) is 20.6. The summed E-state index contributed by atoms with van der Waals surface area (Å²) >= 11 is 0. The van der Waals surface area contributed by atoms with Crippen LogP contribution in [-0.2, 0) is 13.0 Å². The summed E-state index contributed by atoms with van der Waals surface area (Å²) in [5.74, 6) is 0.108. The van der Waals surface area contributed by atoms with Crippen LogP contribution in [0.4, 0.5) is 0 Å². The molecule has 2 aromatic heterocycles. The number of aromatic amines is 1. The predicted octanol–water partition coefficient (Wildman–Crippen LogP) is 4.27. The lowest BCUT2D eigenvalue weighted by Gasteiger charge is -2.42. The number of likely N-dealkylation sites (N-methyl/N-ethyl adjacent to an activating group) is 2. The van der Waals surface area contributed by atoms with Crippen molar-refractivity contribution >= 4 is 16.9 Å². The lowest BCUT2D eigenvalue weighted by Crippen LogP contribution is -2.59. The van der Waals surface area contributed by atoms with E-state index in [1.165, 1.54) is 16.7 Å². The van der Waals surface area contributed by atoms with E-state index in [0.717, 1.165) is 65.9 Å². The number of fused-ring (bicyclic) bond motifs is 2. The van der Waals surface area contributed by atoms with Gasteiger partial charge in [-0.3, -0.25) is 4.79 Å². The van der Waals surface area contributed by atoms with Crippen LogP contribution in [0.5, 0.6) is 0 Å². The molecule has 6 rings (SSSR count). The number of benzene rings is 2. The molecule has 4 aromatic rings. The fourth-order valence-corrected chi connectivity index (χ4v) is 5.20. The van der Waals surface area contributed by atoms with Crippen LogP contribution in [0.3, 0.4) is 0 Å². The highest BCUT2D eigenvalue weighted by Gasteiger charge is 2.32. The lowest BCUT2D eigenvalue weighted by molar-refractivity contribution is 0.0399. The van der Waals surface area contributed by atoms with Gasteiger partial charge in [-0.25, -0.2) is 4.98 Å². The minimum Gasteiger partial charge on any atom is -0.346 e. The van der Waals surface area contributed by atoms with Crippen molar-refractivity contribution in [2.24, 2.45) is 0 Å². The number of aromatic nitrogens is 2. The molecular formula is C29H31N5O. The normalized spacial score (nSPS) is 16.5. The third-order valence-corrected chi connectivity index (χ3v) is 7.60. The third-order valence-electron chi connectivity index (χ3n) is 7.60. The number of likely N-dealkylation sites (tertiary alicyclic amines) is 1. The van der Waals surface area contributed by atoms with E-state index >= 15 is 0 Å². The molecule has 2 aliphatic heterocycles. The standard InChI is InChI=1S/C29H31N5O/c1-32(2)25-17-34(18-25)29(35)20-6-4-19(5-7-20)27-15-31-28-26(27)13-24(14-30-28)21-8-9-23-16-33(3)11-10-22(23)12-21/h4-9,12-15,25H,10-11,16-18H2,1-3H3,(H,30,31). The van der Waals surface area contributed by atoms with E-state index in [4.69, 9.17) is 4.98 Å². The summed E-state index contributed by atoms with van der Waals surface area (Å²) in [5.41, 5.74) is 8.99. The van der Waals surface area contributed by atoms with Gasteiger partial charge in [0.2, 0.25) is 0 Å². The van der Waals surface area contributed by atoms with Crippen molar-refractivity contribution in [3.8, 4) is 22.3 Å². The first-order valence-corrected chi connectivity index (χ1v) is 12.3. The molecule has 2 aliphatic rings. The van der Waals surface area contributed by atoms with E-state index in [1.54, 1.807) is 0 Å². The van der Waals surface area contributed by atoms with Crippen molar-refractivity contribution < 1.29 is 4.79 Å². The first-order valence-electron chi connectivity index (χ1n) is 12.3. The van der Waals surface area contributed by atoms with Crippen LogP contribution in [0.1, 0.15) is 21.5 Å². The Morgan fingerprint density at radius 1 is 1.00 bits per heavy atom. The molecule has 6 heteroatoms. The van der Waals surface area contributed by atoms with E-state index in [-0.39, 0.29) is 5.91 Å².